The van der Waals surface area contributed by atoms with Gasteiger partial charge in [-0.2, -0.15) is 0 Å². The number of para-hydroxylation sites is 1. The molecule has 2 N–H and O–H groups in total. The molecule has 3 fully saturated rings. The molecule has 0 saturated carbocycles. The zero-order valence-electron chi connectivity index (χ0n) is 21.3. The number of carbonyl (C=O) groups excluding carboxylic acids is 3. The summed E-state index contributed by atoms with van der Waals surface area (Å²) < 4.78 is 0. The molecule has 4 heterocycles. The largest absolute Gasteiger partial charge is 0.341 e. The summed E-state index contributed by atoms with van der Waals surface area (Å²) in [5, 5.41) is 5.81. The first-order chi connectivity index (χ1) is 17.5. The van der Waals surface area contributed by atoms with Crippen LogP contribution >= 0.6 is 0 Å². The van der Waals surface area contributed by atoms with Crippen molar-refractivity contribution in [2.75, 3.05) is 71.3 Å². The van der Waals surface area contributed by atoms with Crippen molar-refractivity contribution in [3.05, 3.63) is 29.8 Å². The Morgan fingerprint density at radius 3 is 2.25 bits per heavy atom. The van der Waals surface area contributed by atoms with Gasteiger partial charge < -0.3 is 30.2 Å². The van der Waals surface area contributed by atoms with Gasteiger partial charge in [0.05, 0.1) is 6.54 Å². The van der Waals surface area contributed by atoms with Gasteiger partial charge in [0, 0.05) is 76.7 Å². The van der Waals surface area contributed by atoms with Crippen LogP contribution in [0.25, 0.3) is 0 Å². The minimum absolute atomic E-state index is 0.00119. The Morgan fingerprint density at radius 2 is 1.53 bits per heavy atom. The first kappa shape index (κ1) is 24.8. The van der Waals surface area contributed by atoms with Gasteiger partial charge in [0.25, 0.3) is 0 Å². The summed E-state index contributed by atoms with van der Waals surface area (Å²) in [6, 6.07) is 8.28. The molecule has 1 aromatic rings. The molecule has 5 rings (SSSR count). The number of carbonyl (C=O) groups is 3. The van der Waals surface area contributed by atoms with Crippen molar-refractivity contribution in [1.82, 2.24) is 29.8 Å². The molecule has 5 amide bonds. The van der Waals surface area contributed by atoms with E-state index in [0.717, 1.165) is 76.2 Å². The van der Waals surface area contributed by atoms with Crippen molar-refractivity contribution >= 4 is 23.7 Å². The highest BCUT2D eigenvalue weighted by atomic mass is 16.2. The van der Waals surface area contributed by atoms with Crippen molar-refractivity contribution in [3.8, 4) is 0 Å². The number of piperazine rings is 1. The minimum atomic E-state index is -0.192. The molecule has 0 spiro atoms. The Labute approximate surface area is 213 Å². The molecular weight excluding hydrogens is 458 g/mol. The summed E-state index contributed by atoms with van der Waals surface area (Å²) in [5.41, 5.74) is 1.99. The van der Waals surface area contributed by atoms with Crippen LogP contribution in [0.2, 0.25) is 0 Å². The zero-order chi connectivity index (χ0) is 25.1. The molecule has 196 valence electrons. The van der Waals surface area contributed by atoms with Crippen LogP contribution in [0, 0.1) is 0 Å². The van der Waals surface area contributed by atoms with E-state index in [1.54, 1.807) is 4.90 Å². The minimum Gasteiger partial charge on any atom is -0.341 e. The molecule has 36 heavy (non-hydrogen) atoms. The number of hydrogen-bond acceptors (Lipinski definition) is 5. The molecule has 0 aliphatic carbocycles. The van der Waals surface area contributed by atoms with Gasteiger partial charge in [0.15, 0.2) is 0 Å². The SMILES string of the molecule is CN1CCN(C2CCN(C(=O)CNC(=O)N3CCC(N4Cc5ccccc5NC4=O)CC3)CC2)CC1. The Kier molecular flexibility index (Phi) is 7.62. The fraction of sp³-hybridized carbons (Fsp3) is 0.654. The van der Waals surface area contributed by atoms with Gasteiger partial charge in [-0.05, 0) is 44.4 Å². The summed E-state index contributed by atoms with van der Waals surface area (Å²) in [7, 11) is 2.17. The number of fused-ring (bicyclic) bond motifs is 1. The maximum Gasteiger partial charge on any atom is 0.322 e. The Morgan fingerprint density at radius 1 is 0.889 bits per heavy atom. The number of anilines is 1. The zero-order valence-corrected chi connectivity index (χ0v) is 21.3. The van der Waals surface area contributed by atoms with Crippen LogP contribution in [0.5, 0.6) is 0 Å². The Hall–Kier alpha value is -2.85. The number of rotatable bonds is 4. The predicted octanol–water partition coefficient (Wildman–Crippen LogP) is 1.45. The van der Waals surface area contributed by atoms with Crippen LogP contribution < -0.4 is 10.6 Å². The molecule has 4 aliphatic rings. The second kappa shape index (κ2) is 11.0. The maximum atomic E-state index is 12.7. The molecule has 0 unspecified atom stereocenters. The second-order valence-corrected chi connectivity index (χ2v) is 10.5. The van der Waals surface area contributed by atoms with E-state index in [2.05, 4.69) is 27.5 Å². The summed E-state index contributed by atoms with van der Waals surface area (Å²) in [6.07, 6.45) is 3.48. The van der Waals surface area contributed by atoms with Crippen LogP contribution in [0.1, 0.15) is 31.2 Å². The second-order valence-electron chi connectivity index (χ2n) is 10.5. The van der Waals surface area contributed by atoms with Crippen LogP contribution in [0.4, 0.5) is 15.3 Å². The molecule has 3 saturated heterocycles. The average molecular weight is 498 g/mol. The number of nitrogens with one attached hydrogen (secondary N) is 2. The van der Waals surface area contributed by atoms with Crippen LogP contribution in [0.3, 0.4) is 0 Å². The third-order valence-electron chi connectivity index (χ3n) is 8.32. The van der Waals surface area contributed by atoms with Crippen molar-refractivity contribution in [2.24, 2.45) is 0 Å². The lowest BCUT2D eigenvalue weighted by Crippen LogP contribution is -2.55. The highest BCUT2D eigenvalue weighted by Gasteiger charge is 2.33. The highest BCUT2D eigenvalue weighted by molar-refractivity contribution is 5.92. The lowest BCUT2D eigenvalue weighted by atomic mass is 10.0. The van der Waals surface area contributed by atoms with Crippen LogP contribution in [-0.4, -0.2) is 121 Å². The average Bonchev–Trinajstić information content (AvgIpc) is 2.92. The van der Waals surface area contributed by atoms with Gasteiger partial charge >= 0.3 is 12.1 Å². The van der Waals surface area contributed by atoms with E-state index in [9.17, 15) is 14.4 Å². The standard InChI is InChI=1S/C26H39N7O3/c1-29-14-16-30(17-15-29)21-6-10-31(11-7-21)24(34)18-27-25(35)32-12-8-22(9-13-32)33-19-20-4-2-3-5-23(20)28-26(33)36/h2-5,21-22H,6-19H2,1H3,(H,27,35)(H,28,36). The summed E-state index contributed by atoms with van der Waals surface area (Å²) >= 11 is 0. The normalized spacial score (nSPS) is 22.8. The van der Waals surface area contributed by atoms with E-state index < -0.39 is 0 Å². The van der Waals surface area contributed by atoms with Crippen molar-refractivity contribution in [2.45, 2.75) is 44.3 Å². The number of piperidine rings is 2. The molecule has 1 aromatic carbocycles. The molecule has 0 bridgehead atoms. The summed E-state index contributed by atoms with van der Waals surface area (Å²) in [4.78, 5) is 48.5. The molecule has 0 radical (unpaired) electrons. The number of benzene rings is 1. The Bertz CT molecular complexity index is 949. The van der Waals surface area contributed by atoms with E-state index in [-0.39, 0.29) is 30.6 Å². The number of likely N-dealkylation sites (tertiary alicyclic amines) is 2. The fourth-order valence-electron chi connectivity index (χ4n) is 5.94. The van der Waals surface area contributed by atoms with Crippen LogP contribution in [-0.2, 0) is 11.3 Å². The van der Waals surface area contributed by atoms with Gasteiger partial charge in [0.1, 0.15) is 0 Å². The number of hydrogen-bond donors (Lipinski definition) is 2. The first-order valence-electron chi connectivity index (χ1n) is 13.4. The van der Waals surface area contributed by atoms with Gasteiger partial charge in [0.2, 0.25) is 5.91 Å². The number of likely N-dealkylation sites (N-methyl/N-ethyl adjacent to an activating group) is 1. The van der Waals surface area contributed by atoms with Gasteiger partial charge in [-0.25, -0.2) is 9.59 Å². The topological polar surface area (TPSA) is 91.5 Å². The quantitative estimate of drug-likeness (QED) is 0.657. The van der Waals surface area contributed by atoms with Crippen LogP contribution in [0.15, 0.2) is 24.3 Å². The predicted molar refractivity (Wildman–Crippen MR) is 138 cm³/mol. The smallest absolute Gasteiger partial charge is 0.322 e. The molecule has 0 atom stereocenters. The van der Waals surface area contributed by atoms with Gasteiger partial charge in [-0.15, -0.1) is 0 Å². The van der Waals surface area contributed by atoms with E-state index >= 15 is 0 Å². The highest BCUT2D eigenvalue weighted by Crippen LogP contribution is 2.27. The molecular formula is C26H39N7O3. The molecule has 0 aromatic heterocycles. The lowest BCUT2D eigenvalue weighted by Gasteiger charge is -2.42. The maximum absolute atomic E-state index is 12.7. The summed E-state index contributed by atoms with van der Waals surface area (Å²) in [5.74, 6) is -0.00119. The fourth-order valence-corrected chi connectivity index (χ4v) is 5.94. The number of nitrogens with zero attached hydrogens (tertiary/aromatic N) is 5. The van der Waals surface area contributed by atoms with Crippen molar-refractivity contribution in [3.63, 3.8) is 0 Å². The third-order valence-corrected chi connectivity index (χ3v) is 8.32. The molecule has 10 nitrogen and oxygen atoms in total. The van der Waals surface area contributed by atoms with Crippen molar-refractivity contribution in [1.29, 1.82) is 0 Å². The number of amides is 5. The number of urea groups is 2. The lowest BCUT2D eigenvalue weighted by molar-refractivity contribution is -0.131. The monoisotopic (exact) mass is 497 g/mol. The van der Waals surface area contributed by atoms with E-state index in [4.69, 9.17) is 0 Å². The third kappa shape index (κ3) is 5.59. The molecule has 10 heteroatoms. The van der Waals surface area contributed by atoms with Crippen molar-refractivity contribution < 1.29 is 14.4 Å². The van der Waals surface area contributed by atoms with E-state index in [1.165, 1.54) is 0 Å². The van der Waals surface area contributed by atoms with Gasteiger partial charge in [-0.1, -0.05) is 18.2 Å². The molecule has 4 aliphatic heterocycles. The Balaban J connectivity index is 1.02. The first-order valence-corrected chi connectivity index (χ1v) is 13.4. The van der Waals surface area contributed by atoms with Gasteiger partial charge in [-0.3, -0.25) is 9.69 Å². The van der Waals surface area contributed by atoms with E-state index in [1.807, 2.05) is 34.1 Å². The van der Waals surface area contributed by atoms with E-state index in [0.29, 0.717) is 25.7 Å². The summed E-state index contributed by atoms with van der Waals surface area (Å²) in [6.45, 7) is 7.76.